The number of carbonyl (C=O) groups excluding carboxylic acids is 1. The van der Waals surface area contributed by atoms with Crippen molar-refractivity contribution in [1.29, 1.82) is 0 Å². The van der Waals surface area contributed by atoms with Gasteiger partial charge in [-0.25, -0.2) is 0 Å². The summed E-state index contributed by atoms with van der Waals surface area (Å²) in [7, 11) is 1.86. The van der Waals surface area contributed by atoms with Gasteiger partial charge in [-0.3, -0.25) is 4.79 Å². The molecule has 0 aromatic heterocycles. The molecule has 2 aliphatic rings. The Bertz CT molecular complexity index is 464. The normalized spacial score (nSPS) is 23.3. The second-order valence-corrected chi connectivity index (χ2v) is 5.44. The Labute approximate surface area is 108 Å². The summed E-state index contributed by atoms with van der Waals surface area (Å²) < 4.78 is 0. The summed E-state index contributed by atoms with van der Waals surface area (Å²) in [5, 5.41) is 3.58. The number of carbonyl (C=O) groups is 1. The first-order chi connectivity index (χ1) is 8.74. The van der Waals surface area contributed by atoms with Crippen LogP contribution in [0, 0.1) is 0 Å². The fourth-order valence-corrected chi connectivity index (χ4v) is 3.03. The summed E-state index contributed by atoms with van der Waals surface area (Å²) >= 11 is 0. The molecule has 1 amide bonds. The van der Waals surface area contributed by atoms with Crippen LogP contribution < -0.4 is 10.2 Å². The van der Waals surface area contributed by atoms with E-state index in [0.717, 1.165) is 18.7 Å². The van der Waals surface area contributed by atoms with Gasteiger partial charge in [0.05, 0.1) is 6.42 Å². The predicted octanol–water partition coefficient (Wildman–Crippen LogP) is 1.89. The number of rotatable bonds is 2. The van der Waals surface area contributed by atoms with Gasteiger partial charge in [-0.2, -0.15) is 0 Å². The highest BCUT2D eigenvalue weighted by Gasteiger charge is 2.24. The van der Waals surface area contributed by atoms with Crippen LogP contribution in [0.15, 0.2) is 18.2 Å². The third kappa shape index (κ3) is 2.15. The number of nitrogens with zero attached hydrogens (tertiary/aromatic N) is 1. The van der Waals surface area contributed by atoms with Gasteiger partial charge < -0.3 is 10.2 Å². The maximum Gasteiger partial charge on any atom is 0.231 e. The van der Waals surface area contributed by atoms with Crippen molar-refractivity contribution in [1.82, 2.24) is 5.32 Å². The van der Waals surface area contributed by atoms with Gasteiger partial charge in [-0.1, -0.05) is 18.6 Å². The SMILES string of the molecule is CN1C(=O)Cc2cc(CC3CCCCN3)ccc21. The van der Waals surface area contributed by atoms with Crippen molar-refractivity contribution >= 4 is 11.6 Å². The number of anilines is 1. The van der Waals surface area contributed by atoms with Gasteiger partial charge in [0.1, 0.15) is 0 Å². The Hall–Kier alpha value is -1.35. The molecule has 18 heavy (non-hydrogen) atoms. The maximum absolute atomic E-state index is 11.6. The van der Waals surface area contributed by atoms with E-state index in [1.54, 1.807) is 4.90 Å². The first-order valence-electron chi connectivity index (χ1n) is 6.86. The average Bonchev–Trinajstić information content (AvgIpc) is 2.66. The zero-order chi connectivity index (χ0) is 12.5. The molecule has 0 radical (unpaired) electrons. The largest absolute Gasteiger partial charge is 0.315 e. The Kier molecular flexibility index (Phi) is 3.08. The van der Waals surface area contributed by atoms with Crippen LogP contribution in [-0.4, -0.2) is 25.5 Å². The highest BCUT2D eigenvalue weighted by atomic mass is 16.2. The Balaban J connectivity index is 1.75. The zero-order valence-electron chi connectivity index (χ0n) is 10.9. The number of nitrogens with one attached hydrogen (secondary N) is 1. The van der Waals surface area contributed by atoms with E-state index in [2.05, 4.69) is 23.5 Å². The van der Waals surface area contributed by atoms with E-state index in [9.17, 15) is 4.79 Å². The predicted molar refractivity (Wildman–Crippen MR) is 72.9 cm³/mol. The molecule has 0 bridgehead atoms. The molecule has 2 aliphatic heterocycles. The smallest absolute Gasteiger partial charge is 0.231 e. The van der Waals surface area contributed by atoms with Crippen molar-refractivity contribution in [2.45, 2.75) is 38.1 Å². The minimum Gasteiger partial charge on any atom is -0.315 e. The molecule has 1 unspecified atom stereocenters. The fraction of sp³-hybridized carbons (Fsp3) is 0.533. The summed E-state index contributed by atoms with van der Waals surface area (Å²) in [6.07, 6.45) is 5.57. The van der Waals surface area contributed by atoms with Gasteiger partial charge in [0, 0.05) is 18.8 Å². The minimum atomic E-state index is 0.206. The maximum atomic E-state index is 11.6. The lowest BCUT2D eigenvalue weighted by molar-refractivity contribution is -0.117. The molecule has 2 heterocycles. The molecule has 1 saturated heterocycles. The molecular formula is C15H20N2O. The van der Waals surface area contributed by atoms with Crippen LogP contribution in [0.1, 0.15) is 30.4 Å². The second kappa shape index (κ2) is 4.73. The van der Waals surface area contributed by atoms with Gasteiger partial charge >= 0.3 is 0 Å². The number of hydrogen-bond acceptors (Lipinski definition) is 2. The fourth-order valence-electron chi connectivity index (χ4n) is 3.03. The number of benzene rings is 1. The van der Waals surface area contributed by atoms with Crippen LogP contribution in [0.2, 0.25) is 0 Å². The molecule has 1 aromatic rings. The van der Waals surface area contributed by atoms with Crippen molar-refractivity contribution in [3.05, 3.63) is 29.3 Å². The molecule has 1 N–H and O–H groups in total. The Morgan fingerprint density at radius 2 is 2.28 bits per heavy atom. The van der Waals surface area contributed by atoms with Gasteiger partial charge in [-0.15, -0.1) is 0 Å². The van der Waals surface area contributed by atoms with Crippen LogP contribution in [0.3, 0.4) is 0 Å². The molecule has 3 heteroatoms. The van der Waals surface area contributed by atoms with E-state index < -0.39 is 0 Å². The van der Waals surface area contributed by atoms with E-state index >= 15 is 0 Å². The van der Waals surface area contributed by atoms with Gasteiger partial charge in [0.2, 0.25) is 5.91 Å². The average molecular weight is 244 g/mol. The van der Waals surface area contributed by atoms with Crippen LogP contribution in [0.25, 0.3) is 0 Å². The van der Waals surface area contributed by atoms with E-state index in [1.165, 1.54) is 30.4 Å². The molecule has 0 spiro atoms. The van der Waals surface area contributed by atoms with Crippen LogP contribution >= 0.6 is 0 Å². The Morgan fingerprint density at radius 3 is 3.06 bits per heavy atom. The van der Waals surface area contributed by atoms with Crippen molar-refractivity contribution in [3.8, 4) is 0 Å². The molecular weight excluding hydrogens is 224 g/mol. The standard InChI is InChI=1S/C15H20N2O/c1-17-14-6-5-11(8-12(14)10-15(17)18)9-13-4-2-3-7-16-13/h5-6,8,13,16H,2-4,7,9-10H2,1H3. The third-order valence-electron chi connectivity index (χ3n) is 4.12. The van der Waals surface area contributed by atoms with Gasteiger partial charge in [0.15, 0.2) is 0 Å². The molecule has 1 fully saturated rings. The molecule has 1 aromatic carbocycles. The van der Waals surface area contributed by atoms with E-state index in [1.807, 2.05) is 7.05 Å². The highest BCUT2D eigenvalue weighted by Crippen LogP contribution is 2.29. The van der Waals surface area contributed by atoms with Gasteiger partial charge in [0.25, 0.3) is 0 Å². The molecule has 96 valence electrons. The van der Waals surface area contributed by atoms with Crippen LogP contribution in [0.4, 0.5) is 5.69 Å². The number of amides is 1. The number of likely N-dealkylation sites (N-methyl/N-ethyl adjacent to an activating group) is 1. The lowest BCUT2D eigenvalue weighted by Gasteiger charge is -2.23. The monoisotopic (exact) mass is 244 g/mol. The zero-order valence-corrected chi connectivity index (χ0v) is 10.9. The molecule has 0 saturated carbocycles. The second-order valence-electron chi connectivity index (χ2n) is 5.44. The Morgan fingerprint density at radius 1 is 1.39 bits per heavy atom. The number of hydrogen-bond donors (Lipinski definition) is 1. The van der Waals surface area contributed by atoms with E-state index in [0.29, 0.717) is 12.5 Å². The summed E-state index contributed by atoms with van der Waals surface area (Å²) in [6, 6.07) is 7.10. The van der Waals surface area contributed by atoms with Crippen molar-refractivity contribution < 1.29 is 4.79 Å². The third-order valence-corrected chi connectivity index (χ3v) is 4.12. The van der Waals surface area contributed by atoms with Crippen molar-refractivity contribution in [2.75, 3.05) is 18.5 Å². The topological polar surface area (TPSA) is 32.3 Å². The lowest BCUT2D eigenvalue weighted by Crippen LogP contribution is -2.35. The summed E-state index contributed by atoms with van der Waals surface area (Å²) in [5.41, 5.74) is 3.63. The summed E-state index contributed by atoms with van der Waals surface area (Å²) in [6.45, 7) is 1.15. The van der Waals surface area contributed by atoms with E-state index in [-0.39, 0.29) is 5.91 Å². The van der Waals surface area contributed by atoms with Crippen LogP contribution in [0.5, 0.6) is 0 Å². The molecule has 0 aliphatic carbocycles. The van der Waals surface area contributed by atoms with Crippen molar-refractivity contribution in [3.63, 3.8) is 0 Å². The first kappa shape index (κ1) is 11.7. The first-order valence-corrected chi connectivity index (χ1v) is 6.86. The summed E-state index contributed by atoms with van der Waals surface area (Å²) in [4.78, 5) is 13.4. The van der Waals surface area contributed by atoms with Crippen molar-refractivity contribution in [2.24, 2.45) is 0 Å². The molecule has 3 nitrogen and oxygen atoms in total. The minimum absolute atomic E-state index is 0.206. The highest BCUT2D eigenvalue weighted by molar-refractivity contribution is 6.00. The van der Waals surface area contributed by atoms with E-state index in [4.69, 9.17) is 0 Å². The van der Waals surface area contributed by atoms with Gasteiger partial charge in [-0.05, 0) is 43.0 Å². The molecule has 1 atom stereocenters. The number of fused-ring (bicyclic) bond motifs is 1. The number of piperidine rings is 1. The summed E-state index contributed by atoms with van der Waals surface area (Å²) in [5.74, 6) is 0.206. The quantitative estimate of drug-likeness (QED) is 0.861. The lowest BCUT2D eigenvalue weighted by atomic mass is 9.96. The molecule has 3 rings (SSSR count). The van der Waals surface area contributed by atoms with Crippen LogP contribution in [-0.2, 0) is 17.6 Å².